The number of aryl methyl sites for hydroxylation is 1. The van der Waals surface area contributed by atoms with E-state index in [4.69, 9.17) is 0 Å². The van der Waals surface area contributed by atoms with E-state index < -0.39 is 0 Å². The summed E-state index contributed by atoms with van der Waals surface area (Å²) in [4.78, 5) is 5.33. The SMILES string of the molecule is Cc1cc2c(c(N3c4cc5c(cc43)C(C)(C)CCC5(C)C)c1)B(c1ccc(C(C)(C)c3ccccc3)cc1)c1cc3c(cc1N2c1ccc(C(C)(C)C)cc1-c1ccccc1)C(C)(C)CCC3(C)C. The maximum atomic E-state index is 2.70. The van der Waals surface area contributed by atoms with E-state index in [0.717, 1.165) is 12.8 Å². The van der Waals surface area contributed by atoms with Gasteiger partial charge in [0.15, 0.2) is 0 Å². The van der Waals surface area contributed by atoms with Gasteiger partial charge in [-0.05, 0) is 163 Å². The van der Waals surface area contributed by atoms with Gasteiger partial charge in [0, 0.05) is 28.0 Å². The van der Waals surface area contributed by atoms with Crippen molar-refractivity contribution in [3.8, 4) is 11.1 Å². The molecule has 0 spiro atoms. The molecule has 350 valence electrons. The zero-order valence-electron chi connectivity index (χ0n) is 44.1. The van der Waals surface area contributed by atoms with Crippen LogP contribution in [0.25, 0.3) is 11.1 Å². The smallest absolute Gasteiger partial charge is 0.249 e. The molecular formula is C66H73BN2. The lowest BCUT2D eigenvalue weighted by atomic mass is 9.34. The van der Waals surface area contributed by atoms with Crippen molar-refractivity contribution < 1.29 is 0 Å². The van der Waals surface area contributed by atoms with Crippen LogP contribution in [0.4, 0.5) is 34.1 Å². The molecule has 2 aliphatic heterocycles. The predicted octanol–water partition coefficient (Wildman–Crippen LogP) is 16.1. The third-order valence-corrected chi connectivity index (χ3v) is 17.6. The molecule has 0 saturated carbocycles. The first-order valence-electron chi connectivity index (χ1n) is 26.0. The molecule has 0 fully saturated rings. The van der Waals surface area contributed by atoms with Crippen LogP contribution in [0.2, 0.25) is 0 Å². The van der Waals surface area contributed by atoms with Crippen molar-refractivity contribution >= 4 is 57.2 Å². The number of anilines is 6. The summed E-state index contributed by atoms with van der Waals surface area (Å²) in [7, 11) is 0. The largest absolute Gasteiger partial charge is 0.311 e. The van der Waals surface area contributed by atoms with E-state index in [0.29, 0.717) is 0 Å². The minimum absolute atomic E-state index is 0.0160. The van der Waals surface area contributed by atoms with Gasteiger partial charge in [0.2, 0.25) is 6.71 Å². The standard InChI is InChI=1S/C66H73BN2/c1-42-35-58-60(59(36-42)69-56-40-51-52(41-57(56)69)65(11,12)34-33-64(51,9)10)67(47-28-25-45(26-29-47)66(13,14)44-23-19-16-20-24-44)53-38-49-50(63(7,8)32-31-62(49,5)6)39-55(53)68(58)54-30-27-46(61(2,3)4)37-48(54)43-21-17-15-18-22-43/h15-30,35-41H,31-34H2,1-14H3. The van der Waals surface area contributed by atoms with Gasteiger partial charge in [-0.15, -0.1) is 0 Å². The molecule has 0 unspecified atom stereocenters. The Morgan fingerprint density at radius 3 is 1.36 bits per heavy atom. The van der Waals surface area contributed by atoms with Gasteiger partial charge < -0.3 is 9.80 Å². The van der Waals surface area contributed by atoms with Gasteiger partial charge in [0.1, 0.15) is 0 Å². The molecule has 0 radical (unpaired) electrons. The molecule has 0 amide bonds. The Labute approximate surface area is 415 Å². The molecule has 0 atom stereocenters. The average Bonchev–Trinajstić information content (AvgIpc) is 4.03. The lowest BCUT2D eigenvalue weighted by Crippen LogP contribution is -2.58. The van der Waals surface area contributed by atoms with Crippen LogP contribution in [0.5, 0.6) is 0 Å². The summed E-state index contributed by atoms with van der Waals surface area (Å²) >= 11 is 0. The maximum absolute atomic E-state index is 2.70. The van der Waals surface area contributed by atoms with Gasteiger partial charge in [-0.1, -0.05) is 193 Å². The molecule has 7 aromatic carbocycles. The van der Waals surface area contributed by atoms with Crippen LogP contribution in [0, 0.1) is 6.92 Å². The third-order valence-electron chi connectivity index (χ3n) is 17.6. The summed E-state index contributed by atoms with van der Waals surface area (Å²) in [6.07, 6.45) is 4.73. The highest BCUT2D eigenvalue weighted by Crippen LogP contribution is 2.60. The minimum atomic E-state index is -0.148. The molecule has 0 aromatic heterocycles. The monoisotopic (exact) mass is 905 g/mol. The Hall–Kier alpha value is -5.80. The maximum Gasteiger partial charge on any atom is 0.249 e. The second kappa shape index (κ2) is 15.4. The third kappa shape index (κ3) is 7.35. The molecule has 2 nitrogen and oxygen atoms in total. The normalized spacial score (nSPS) is 18.1. The summed E-state index contributed by atoms with van der Waals surface area (Å²) in [6, 6.07) is 54.8. The first-order chi connectivity index (χ1) is 32.5. The van der Waals surface area contributed by atoms with E-state index >= 15 is 0 Å². The molecule has 0 saturated heterocycles. The average molecular weight is 905 g/mol. The molecule has 0 N–H and O–H groups in total. The zero-order chi connectivity index (χ0) is 48.8. The quantitative estimate of drug-likeness (QED) is 0.121. The van der Waals surface area contributed by atoms with Crippen LogP contribution in [-0.2, 0) is 32.5 Å². The Kier molecular flexibility index (Phi) is 10.2. The molecule has 7 aromatic rings. The number of nitrogens with zero attached hydrogens (tertiary/aromatic N) is 2. The molecule has 3 heteroatoms. The van der Waals surface area contributed by atoms with Crippen LogP contribution in [0.1, 0.15) is 160 Å². The van der Waals surface area contributed by atoms with Gasteiger partial charge >= 0.3 is 0 Å². The van der Waals surface area contributed by atoms with Crippen molar-refractivity contribution in [1.82, 2.24) is 0 Å². The molecular weight excluding hydrogens is 832 g/mol. The van der Waals surface area contributed by atoms with Crippen molar-refractivity contribution in [2.24, 2.45) is 0 Å². The van der Waals surface area contributed by atoms with Crippen LogP contribution in [0.15, 0.2) is 140 Å². The Morgan fingerprint density at radius 2 is 0.855 bits per heavy atom. The molecule has 2 heterocycles. The Balaban J connectivity index is 1.22. The van der Waals surface area contributed by atoms with E-state index in [1.807, 2.05) is 0 Å². The van der Waals surface area contributed by atoms with Crippen molar-refractivity contribution in [3.05, 3.63) is 184 Å². The summed E-state index contributed by atoms with van der Waals surface area (Å²) in [5, 5.41) is 0. The van der Waals surface area contributed by atoms with Crippen LogP contribution < -0.4 is 26.2 Å². The van der Waals surface area contributed by atoms with Gasteiger partial charge in [0.05, 0.1) is 17.1 Å². The number of hydrogen-bond donors (Lipinski definition) is 0. The highest BCUT2D eigenvalue weighted by Gasteiger charge is 2.48. The van der Waals surface area contributed by atoms with Crippen molar-refractivity contribution in [3.63, 3.8) is 0 Å². The van der Waals surface area contributed by atoms with Gasteiger partial charge in [-0.3, -0.25) is 0 Å². The topological polar surface area (TPSA) is 6.25 Å². The molecule has 11 rings (SSSR count). The fourth-order valence-electron chi connectivity index (χ4n) is 12.7. The van der Waals surface area contributed by atoms with E-state index in [1.54, 1.807) is 0 Å². The van der Waals surface area contributed by atoms with Gasteiger partial charge in [-0.25, -0.2) is 0 Å². The molecule has 0 bridgehead atoms. The molecule has 69 heavy (non-hydrogen) atoms. The summed E-state index contributed by atoms with van der Waals surface area (Å²) < 4.78 is 0. The second-order valence-electron chi connectivity index (χ2n) is 25.7. The van der Waals surface area contributed by atoms with E-state index in [1.165, 1.54) is 119 Å². The summed E-state index contributed by atoms with van der Waals surface area (Å²) in [5.41, 5.74) is 25.9. The predicted molar refractivity (Wildman–Crippen MR) is 298 cm³/mol. The second-order valence-corrected chi connectivity index (χ2v) is 25.7. The number of rotatable bonds is 6. The lowest BCUT2D eigenvalue weighted by Gasteiger charge is -2.46. The fraction of sp³-hybridized carbons (Fsp3) is 0.364. The Bertz CT molecular complexity index is 3140. The van der Waals surface area contributed by atoms with Gasteiger partial charge in [0.25, 0.3) is 0 Å². The fourth-order valence-corrected chi connectivity index (χ4v) is 12.7. The van der Waals surface area contributed by atoms with Crippen LogP contribution >= 0.6 is 0 Å². The van der Waals surface area contributed by atoms with Crippen LogP contribution in [-0.4, -0.2) is 6.71 Å². The van der Waals surface area contributed by atoms with E-state index in [9.17, 15) is 0 Å². The summed E-state index contributed by atoms with van der Waals surface area (Å²) in [6.45, 7) is 33.8. The number of benzene rings is 7. The van der Waals surface area contributed by atoms with Crippen molar-refractivity contribution in [1.29, 1.82) is 0 Å². The van der Waals surface area contributed by atoms with E-state index in [-0.39, 0.29) is 39.2 Å². The zero-order valence-corrected chi connectivity index (χ0v) is 44.1. The van der Waals surface area contributed by atoms with Crippen molar-refractivity contribution in [2.45, 2.75) is 155 Å². The van der Waals surface area contributed by atoms with E-state index in [2.05, 4.69) is 246 Å². The van der Waals surface area contributed by atoms with Gasteiger partial charge in [-0.2, -0.15) is 0 Å². The Morgan fingerprint density at radius 1 is 0.420 bits per heavy atom. The van der Waals surface area contributed by atoms with Crippen LogP contribution in [0.3, 0.4) is 0 Å². The summed E-state index contributed by atoms with van der Waals surface area (Å²) in [5.74, 6) is 0. The highest BCUT2D eigenvalue weighted by molar-refractivity contribution is 6.99. The van der Waals surface area contributed by atoms with Crippen molar-refractivity contribution in [2.75, 3.05) is 9.80 Å². The minimum Gasteiger partial charge on any atom is -0.311 e. The number of hydrogen-bond acceptors (Lipinski definition) is 2. The first kappa shape index (κ1) is 45.6. The highest BCUT2D eigenvalue weighted by atomic mass is 15.3. The number of fused-ring (bicyclic) bond motifs is 5. The lowest BCUT2D eigenvalue weighted by molar-refractivity contribution is 0.332. The molecule has 2 aliphatic carbocycles. The molecule has 4 aliphatic rings. The first-order valence-corrected chi connectivity index (χ1v) is 26.0.